The Morgan fingerprint density at radius 2 is 2.00 bits per heavy atom. The van der Waals surface area contributed by atoms with Crippen molar-refractivity contribution in [2.45, 2.75) is 57.7 Å². The number of hydrogen-bond donors (Lipinski definition) is 1. The first-order chi connectivity index (χ1) is 11.9. The summed E-state index contributed by atoms with van der Waals surface area (Å²) in [4.78, 5) is 20.9. The molecule has 2 saturated heterocycles. The van der Waals surface area contributed by atoms with Gasteiger partial charge in [0.05, 0.1) is 12.7 Å². The Morgan fingerprint density at radius 3 is 2.64 bits per heavy atom. The van der Waals surface area contributed by atoms with Crippen LogP contribution >= 0.6 is 0 Å². The van der Waals surface area contributed by atoms with Gasteiger partial charge in [-0.2, -0.15) is 0 Å². The largest absolute Gasteiger partial charge is 0.487 e. The second kappa shape index (κ2) is 7.60. The molecular formula is C19H30N4O2. The Bertz CT molecular complexity index is 565. The molecule has 25 heavy (non-hydrogen) atoms. The molecule has 1 N–H and O–H groups in total. The maximum absolute atomic E-state index is 12.5. The monoisotopic (exact) mass is 346 g/mol. The first-order valence-electron chi connectivity index (χ1n) is 9.29. The van der Waals surface area contributed by atoms with Crippen LogP contribution in [0, 0.1) is 0 Å². The number of rotatable bonds is 3. The fourth-order valence-electron chi connectivity index (χ4n) is 3.58. The zero-order valence-corrected chi connectivity index (χ0v) is 15.6. The Balaban J connectivity index is 1.42. The van der Waals surface area contributed by atoms with Crippen LogP contribution in [0.5, 0.6) is 5.75 Å². The smallest absolute Gasteiger partial charge is 0.317 e. The van der Waals surface area contributed by atoms with Crippen LogP contribution in [-0.4, -0.2) is 64.7 Å². The van der Waals surface area contributed by atoms with E-state index in [1.165, 1.54) is 0 Å². The highest BCUT2D eigenvalue weighted by molar-refractivity contribution is 5.74. The fourth-order valence-corrected chi connectivity index (χ4v) is 3.58. The number of ether oxygens (including phenoxy) is 1. The molecule has 6 nitrogen and oxygen atoms in total. The average Bonchev–Trinajstić information content (AvgIpc) is 3.04. The summed E-state index contributed by atoms with van der Waals surface area (Å²) in [5, 5.41) is 3.21. The number of carbonyl (C=O) groups excluding carboxylic acids is 1. The normalized spacial score (nSPS) is 22.8. The summed E-state index contributed by atoms with van der Waals surface area (Å²) >= 11 is 0. The molecule has 3 heterocycles. The number of nitrogens with one attached hydrogen (secondary N) is 1. The SMILES string of the molecule is CC(C)(C)N1CCC(NC(=O)N2CCC(Oc3cccnc3)C2)CC1. The van der Waals surface area contributed by atoms with Crippen molar-refractivity contribution in [3.8, 4) is 5.75 Å². The Labute approximate surface area is 150 Å². The molecule has 0 bridgehead atoms. The highest BCUT2D eigenvalue weighted by Crippen LogP contribution is 2.21. The van der Waals surface area contributed by atoms with Gasteiger partial charge in [-0.15, -0.1) is 0 Å². The average molecular weight is 346 g/mol. The number of urea groups is 1. The summed E-state index contributed by atoms with van der Waals surface area (Å²) in [6.45, 7) is 10.2. The third-order valence-corrected chi connectivity index (χ3v) is 5.14. The van der Waals surface area contributed by atoms with Gasteiger partial charge in [-0.3, -0.25) is 9.88 Å². The number of carbonyl (C=O) groups is 1. The molecular weight excluding hydrogens is 316 g/mol. The second-order valence-electron chi connectivity index (χ2n) is 8.04. The highest BCUT2D eigenvalue weighted by atomic mass is 16.5. The fraction of sp³-hybridized carbons (Fsp3) is 0.684. The molecule has 0 aromatic carbocycles. The van der Waals surface area contributed by atoms with Gasteiger partial charge in [-0.1, -0.05) is 0 Å². The number of likely N-dealkylation sites (tertiary alicyclic amines) is 2. The molecule has 0 aliphatic carbocycles. The molecule has 3 rings (SSSR count). The lowest BCUT2D eigenvalue weighted by molar-refractivity contribution is 0.0960. The van der Waals surface area contributed by atoms with E-state index in [2.05, 4.69) is 36.0 Å². The van der Waals surface area contributed by atoms with Crippen molar-refractivity contribution in [1.82, 2.24) is 20.1 Å². The number of amides is 2. The molecule has 1 atom stereocenters. The van der Waals surface area contributed by atoms with Gasteiger partial charge in [-0.05, 0) is 45.7 Å². The van der Waals surface area contributed by atoms with Crippen LogP contribution in [0.25, 0.3) is 0 Å². The molecule has 2 aliphatic heterocycles. The standard InChI is InChI=1S/C19H30N4O2/c1-19(2,3)23-11-6-15(7-12-23)21-18(24)22-10-8-17(14-22)25-16-5-4-9-20-13-16/h4-5,9,13,15,17H,6-8,10-12,14H2,1-3H3,(H,21,24). The number of pyridine rings is 1. The lowest BCUT2D eigenvalue weighted by atomic mass is 9.98. The van der Waals surface area contributed by atoms with Gasteiger partial charge in [0.15, 0.2) is 0 Å². The van der Waals surface area contributed by atoms with E-state index in [0.29, 0.717) is 6.54 Å². The van der Waals surface area contributed by atoms with Crippen LogP contribution in [0.1, 0.15) is 40.0 Å². The summed E-state index contributed by atoms with van der Waals surface area (Å²) < 4.78 is 5.91. The predicted molar refractivity (Wildman–Crippen MR) is 97.7 cm³/mol. The molecule has 0 saturated carbocycles. The lowest BCUT2D eigenvalue weighted by Gasteiger charge is -2.41. The molecule has 1 aromatic heterocycles. The van der Waals surface area contributed by atoms with Gasteiger partial charge in [0.1, 0.15) is 11.9 Å². The van der Waals surface area contributed by atoms with E-state index in [1.54, 1.807) is 12.4 Å². The summed E-state index contributed by atoms with van der Waals surface area (Å²) in [5.41, 5.74) is 0.209. The van der Waals surface area contributed by atoms with Crippen molar-refractivity contribution in [1.29, 1.82) is 0 Å². The minimum atomic E-state index is 0.0477. The van der Waals surface area contributed by atoms with Crippen molar-refractivity contribution >= 4 is 6.03 Å². The van der Waals surface area contributed by atoms with E-state index in [1.807, 2.05) is 17.0 Å². The van der Waals surface area contributed by atoms with E-state index in [4.69, 9.17) is 4.74 Å². The third kappa shape index (κ3) is 4.84. The van der Waals surface area contributed by atoms with Crippen LogP contribution in [0.15, 0.2) is 24.5 Å². The highest BCUT2D eigenvalue weighted by Gasteiger charge is 2.31. The van der Waals surface area contributed by atoms with Gasteiger partial charge in [0.2, 0.25) is 0 Å². The van der Waals surface area contributed by atoms with Gasteiger partial charge >= 0.3 is 6.03 Å². The molecule has 1 aromatic rings. The molecule has 0 spiro atoms. The second-order valence-corrected chi connectivity index (χ2v) is 8.04. The Morgan fingerprint density at radius 1 is 1.24 bits per heavy atom. The summed E-state index contributed by atoms with van der Waals surface area (Å²) in [6.07, 6.45) is 6.40. The van der Waals surface area contributed by atoms with Gasteiger partial charge in [0, 0.05) is 43.8 Å². The summed E-state index contributed by atoms with van der Waals surface area (Å²) in [7, 11) is 0. The minimum absolute atomic E-state index is 0.0477. The minimum Gasteiger partial charge on any atom is -0.487 e. The van der Waals surface area contributed by atoms with Gasteiger partial charge in [-0.25, -0.2) is 4.79 Å². The maximum atomic E-state index is 12.5. The third-order valence-electron chi connectivity index (χ3n) is 5.14. The zero-order chi connectivity index (χ0) is 17.9. The molecule has 6 heteroatoms. The topological polar surface area (TPSA) is 57.7 Å². The van der Waals surface area contributed by atoms with E-state index >= 15 is 0 Å². The van der Waals surface area contributed by atoms with Gasteiger partial charge in [0.25, 0.3) is 0 Å². The molecule has 2 aliphatic rings. The molecule has 0 radical (unpaired) electrons. The van der Waals surface area contributed by atoms with Gasteiger partial charge < -0.3 is 15.0 Å². The molecule has 138 valence electrons. The lowest BCUT2D eigenvalue weighted by Crippen LogP contribution is -2.52. The summed E-state index contributed by atoms with van der Waals surface area (Å²) in [5.74, 6) is 0.768. The van der Waals surface area contributed by atoms with E-state index < -0.39 is 0 Å². The number of hydrogen-bond acceptors (Lipinski definition) is 4. The Hall–Kier alpha value is -1.82. The van der Waals surface area contributed by atoms with E-state index in [9.17, 15) is 4.79 Å². The number of nitrogens with zero attached hydrogens (tertiary/aromatic N) is 3. The Kier molecular flexibility index (Phi) is 5.47. The predicted octanol–water partition coefficient (Wildman–Crippen LogP) is 2.51. The van der Waals surface area contributed by atoms with Crippen LogP contribution in [0.4, 0.5) is 4.79 Å². The molecule has 2 amide bonds. The molecule has 1 unspecified atom stereocenters. The quantitative estimate of drug-likeness (QED) is 0.914. The van der Waals surface area contributed by atoms with Crippen molar-refractivity contribution < 1.29 is 9.53 Å². The van der Waals surface area contributed by atoms with E-state index in [0.717, 1.165) is 44.6 Å². The first kappa shape index (κ1) is 18.0. The maximum Gasteiger partial charge on any atom is 0.317 e. The zero-order valence-electron chi connectivity index (χ0n) is 15.6. The van der Waals surface area contributed by atoms with Crippen molar-refractivity contribution in [2.24, 2.45) is 0 Å². The van der Waals surface area contributed by atoms with Crippen molar-refractivity contribution in [3.05, 3.63) is 24.5 Å². The van der Waals surface area contributed by atoms with Crippen LogP contribution in [-0.2, 0) is 0 Å². The van der Waals surface area contributed by atoms with Crippen LogP contribution in [0.3, 0.4) is 0 Å². The van der Waals surface area contributed by atoms with E-state index in [-0.39, 0.29) is 23.7 Å². The van der Waals surface area contributed by atoms with Crippen LogP contribution < -0.4 is 10.1 Å². The first-order valence-corrected chi connectivity index (χ1v) is 9.29. The number of piperidine rings is 1. The van der Waals surface area contributed by atoms with Crippen molar-refractivity contribution in [3.63, 3.8) is 0 Å². The molecule has 2 fully saturated rings. The van der Waals surface area contributed by atoms with Crippen LogP contribution in [0.2, 0.25) is 0 Å². The summed E-state index contributed by atoms with van der Waals surface area (Å²) in [6, 6.07) is 4.09. The number of aromatic nitrogens is 1. The van der Waals surface area contributed by atoms with Crippen molar-refractivity contribution in [2.75, 3.05) is 26.2 Å².